The highest BCUT2D eigenvalue weighted by Gasteiger charge is 2.31. The first-order valence-electron chi connectivity index (χ1n) is 2.48. The SMILES string of the molecule is CC(F)(F)C(O)CNN. The predicted molar refractivity (Wildman–Crippen MR) is 28.8 cm³/mol. The highest BCUT2D eigenvalue weighted by molar-refractivity contribution is 4.71. The van der Waals surface area contributed by atoms with Gasteiger partial charge in [-0.1, -0.05) is 0 Å². The van der Waals surface area contributed by atoms with E-state index < -0.39 is 12.0 Å². The number of nitrogens with one attached hydrogen (secondary N) is 1. The van der Waals surface area contributed by atoms with Crippen LogP contribution in [0.5, 0.6) is 0 Å². The largest absolute Gasteiger partial charge is 0.385 e. The Hall–Kier alpha value is -0.260. The maximum Gasteiger partial charge on any atom is 0.272 e. The number of hydrazine groups is 1. The van der Waals surface area contributed by atoms with E-state index in [9.17, 15) is 8.78 Å². The minimum atomic E-state index is -3.08. The summed E-state index contributed by atoms with van der Waals surface area (Å²) < 4.78 is 23.9. The highest BCUT2D eigenvalue weighted by Crippen LogP contribution is 2.15. The van der Waals surface area contributed by atoms with Gasteiger partial charge in [0, 0.05) is 13.5 Å². The first kappa shape index (κ1) is 8.74. The van der Waals surface area contributed by atoms with Gasteiger partial charge in [0.2, 0.25) is 0 Å². The van der Waals surface area contributed by atoms with Crippen molar-refractivity contribution in [1.29, 1.82) is 0 Å². The summed E-state index contributed by atoms with van der Waals surface area (Å²) in [5.74, 6) is 1.61. The second kappa shape index (κ2) is 3.05. The molecule has 0 fully saturated rings. The molecule has 4 N–H and O–H groups in total. The molecule has 1 unspecified atom stereocenters. The zero-order valence-corrected chi connectivity index (χ0v) is 5.06. The third-order valence-corrected chi connectivity index (χ3v) is 0.896. The van der Waals surface area contributed by atoms with Crippen LogP contribution in [0.25, 0.3) is 0 Å². The van der Waals surface area contributed by atoms with Crippen molar-refractivity contribution in [2.75, 3.05) is 6.54 Å². The number of alkyl halides is 2. The molecular formula is C4H10F2N2O. The zero-order valence-electron chi connectivity index (χ0n) is 5.06. The number of rotatable bonds is 3. The Morgan fingerprint density at radius 2 is 2.22 bits per heavy atom. The van der Waals surface area contributed by atoms with E-state index in [1.165, 1.54) is 0 Å². The average molecular weight is 140 g/mol. The fraction of sp³-hybridized carbons (Fsp3) is 1.00. The van der Waals surface area contributed by atoms with Gasteiger partial charge in [-0.25, -0.2) is 8.78 Å². The second-order valence-electron chi connectivity index (χ2n) is 1.88. The van der Waals surface area contributed by atoms with Crippen LogP contribution in [0.4, 0.5) is 8.78 Å². The summed E-state index contributed by atoms with van der Waals surface area (Å²) in [5, 5.41) is 8.49. The van der Waals surface area contributed by atoms with Gasteiger partial charge in [-0.2, -0.15) is 0 Å². The number of aliphatic hydroxyl groups is 1. The Kier molecular flexibility index (Phi) is 2.96. The molecule has 56 valence electrons. The smallest absolute Gasteiger partial charge is 0.272 e. The van der Waals surface area contributed by atoms with E-state index in [4.69, 9.17) is 5.11 Å². The van der Waals surface area contributed by atoms with Crippen LogP contribution in [0.3, 0.4) is 0 Å². The summed E-state index contributed by atoms with van der Waals surface area (Å²) in [4.78, 5) is 0. The van der Waals surface area contributed by atoms with Crippen molar-refractivity contribution in [3.63, 3.8) is 0 Å². The lowest BCUT2D eigenvalue weighted by Gasteiger charge is -2.16. The first-order valence-corrected chi connectivity index (χ1v) is 2.48. The standard InChI is InChI=1S/C4H10F2N2O/c1-4(5,6)3(9)2-8-7/h3,8-9H,2,7H2,1H3. The lowest BCUT2D eigenvalue weighted by molar-refractivity contribution is -0.0910. The van der Waals surface area contributed by atoms with E-state index in [-0.39, 0.29) is 6.54 Å². The Bertz CT molecular complexity index is 83.1. The van der Waals surface area contributed by atoms with Crippen LogP contribution in [0, 0.1) is 0 Å². The molecule has 0 aliphatic carbocycles. The summed E-state index contributed by atoms with van der Waals surface area (Å²) in [6.45, 7) is 0.332. The van der Waals surface area contributed by atoms with E-state index in [1.54, 1.807) is 0 Å². The first-order chi connectivity index (χ1) is 3.98. The molecule has 0 saturated carbocycles. The van der Waals surface area contributed by atoms with Crippen molar-refractivity contribution in [3.8, 4) is 0 Å². The van der Waals surface area contributed by atoms with E-state index in [1.807, 2.05) is 5.43 Å². The molecule has 0 aliphatic heterocycles. The van der Waals surface area contributed by atoms with Gasteiger partial charge in [0.25, 0.3) is 5.92 Å². The minimum Gasteiger partial charge on any atom is -0.385 e. The van der Waals surface area contributed by atoms with Gasteiger partial charge in [0.05, 0.1) is 0 Å². The predicted octanol–water partition coefficient (Wildman–Crippen LogP) is -0.534. The molecule has 0 aliphatic rings. The third kappa shape index (κ3) is 3.34. The highest BCUT2D eigenvalue weighted by atomic mass is 19.3. The molecule has 0 saturated heterocycles. The van der Waals surface area contributed by atoms with E-state index in [2.05, 4.69) is 5.84 Å². The number of hydrogen-bond donors (Lipinski definition) is 3. The fourth-order valence-electron chi connectivity index (χ4n) is 0.291. The number of hydrogen-bond acceptors (Lipinski definition) is 3. The van der Waals surface area contributed by atoms with Gasteiger partial charge < -0.3 is 5.11 Å². The maximum atomic E-state index is 12.0. The molecule has 0 heterocycles. The molecule has 0 radical (unpaired) electrons. The van der Waals surface area contributed by atoms with Crippen molar-refractivity contribution in [3.05, 3.63) is 0 Å². The van der Waals surface area contributed by atoms with Crippen LogP contribution < -0.4 is 11.3 Å². The number of aliphatic hydroxyl groups excluding tert-OH is 1. The van der Waals surface area contributed by atoms with Gasteiger partial charge in [0.1, 0.15) is 6.10 Å². The summed E-state index contributed by atoms with van der Waals surface area (Å²) >= 11 is 0. The normalized spacial score (nSPS) is 15.7. The third-order valence-electron chi connectivity index (χ3n) is 0.896. The Balaban J connectivity index is 3.59. The number of halogens is 2. The molecule has 0 bridgehead atoms. The van der Waals surface area contributed by atoms with Gasteiger partial charge in [-0.15, -0.1) is 0 Å². The van der Waals surface area contributed by atoms with Crippen LogP contribution in [0.15, 0.2) is 0 Å². The molecule has 0 amide bonds. The van der Waals surface area contributed by atoms with E-state index in [0.717, 1.165) is 0 Å². The minimum absolute atomic E-state index is 0.302. The van der Waals surface area contributed by atoms with Gasteiger partial charge >= 0.3 is 0 Å². The lowest BCUT2D eigenvalue weighted by Crippen LogP contribution is -2.41. The molecule has 0 aromatic rings. The maximum absolute atomic E-state index is 12.0. The monoisotopic (exact) mass is 140 g/mol. The summed E-state index contributed by atoms with van der Waals surface area (Å²) in [7, 11) is 0. The lowest BCUT2D eigenvalue weighted by atomic mass is 10.2. The molecule has 1 atom stereocenters. The average Bonchev–Trinajstić information content (AvgIpc) is 1.64. The van der Waals surface area contributed by atoms with Gasteiger partial charge in [-0.05, 0) is 0 Å². The number of nitrogens with two attached hydrogens (primary N) is 1. The Morgan fingerprint density at radius 1 is 1.78 bits per heavy atom. The van der Waals surface area contributed by atoms with Crippen molar-refractivity contribution in [1.82, 2.24) is 5.43 Å². The van der Waals surface area contributed by atoms with Crippen LogP contribution in [-0.4, -0.2) is 23.7 Å². The Morgan fingerprint density at radius 3 is 2.33 bits per heavy atom. The van der Waals surface area contributed by atoms with Crippen LogP contribution in [0.1, 0.15) is 6.92 Å². The van der Waals surface area contributed by atoms with Crippen LogP contribution in [0.2, 0.25) is 0 Å². The van der Waals surface area contributed by atoms with Crippen molar-refractivity contribution in [2.45, 2.75) is 19.0 Å². The summed E-state index contributed by atoms with van der Waals surface area (Å²) in [6.07, 6.45) is -1.71. The molecular weight excluding hydrogens is 130 g/mol. The quantitative estimate of drug-likeness (QED) is 0.364. The Labute approximate surface area is 51.8 Å². The fourth-order valence-corrected chi connectivity index (χ4v) is 0.291. The van der Waals surface area contributed by atoms with Crippen LogP contribution >= 0.6 is 0 Å². The van der Waals surface area contributed by atoms with Crippen molar-refractivity contribution < 1.29 is 13.9 Å². The van der Waals surface area contributed by atoms with Crippen molar-refractivity contribution in [2.24, 2.45) is 5.84 Å². The van der Waals surface area contributed by atoms with Gasteiger partial charge in [0.15, 0.2) is 0 Å². The van der Waals surface area contributed by atoms with Gasteiger partial charge in [-0.3, -0.25) is 11.3 Å². The molecule has 0 aromatic carbocycles. The van der Waals surface area contributed by atoms with Crippen molar-refractivity contribution >= 4 is 0 Å². The molecule has 0 aromatic heterocycles. The molecule has 0 rings (SSSR count). The molecule has 5 heteroatoms. The molecule has 3 nitrogen and oxygen atoms in total. The zero-order chi connectivity index (χ0) is 7.49. The van der Waals surface area contributed by atoms with Crippen LogP contribution in [-0.2, 0) is 0 Å². The summed E-state index contributed by atoms with van der Waals surface area (Å²) in [5.41, 5.74) is 1.94. The van der Waals surface area contributed by atoms with E-state index in [0.29, 0.717) is 6.92 Å². The second-order valence-corrected chi connectivity index (χ2v) is 1.88. The molecule has 0 spiro atoms. The molecule has 9 heavy (non-hydrogen) atoms. The summed E-state index contributed by atoms with van der Waals surface area (Å²) in [6, 6.07) is 0. The topological polar surface area (TPSA) is 58.3 Å². The van der Waals surface area contributed by atoms with E-state index >= 15 is 0 Å².